The lowest BCUT2D eigenvalue weighted by molar-refractivity contribution is 0.532. The maximum Gasteiger partial charge on any atom is 0.0383 e. The van der Waals surface area contributed by atoms with E-state index >= 15 is 0 Å². The van der Waals surface area contributed by atoms with Gasteiger partial charge in [-0.3, -0.25) is 0 Å². The summed E-state index contributed by atoms with van der Waals surface area (Å²) in [7, 11) is 2.15. The molecule has 0 aliphatic heterocycles. The van der Waals surface area contributed by atoms with Crippen LogP contribution in [0.25, 0.3) is 0 Å². The minimum atomic E-state index is 0.504. The van der Waals surface area contributed by atoms with Gasteiger partial charge in [-0.2, -0.15) is 0 Å². The molecule has 90 valence electrons. The molecule has 0 aliphatic rings. The zero-order valence-electron chi connectivity index (χ0n) is 11.1. The van der Waals surface area contributed by atoms with Crippen LogP contribution in [0.15, 0.2) is 24.3 Å². The second-order valence-electron chi connectivity index (χ2n) is 4.86. The van der Waals surface area contributed by atoms with Crippen LogP contribution in [0.2, 0.25) is 0 Å². The molecule has 0 heterocycles. The first-order valence-corrected chi connectivity index (χ1v) is 6.03. The summed E-state index contributed by atoms with van der Waals surface area (Å²) in [4.78, 5) is 2.32. The summed E-state index contributed by atoms with van der Waals surface area (Å²) in [5, 5.41) is 3.47. The van der Waals surface area contributed by atoms with Crippen LogP contribution < -0.4 is 10.2 Å². The first-order valence-electron chi connectivity index (χ1n) is 6.03. The maximum absolute atomic E-state index is 3.47. The van der Waals surface area contributed by atoms with E-state index in [0.717, 1.165) is 6.54 Å². The Morgan fingerprint density at radius 1 is 1.25 bits per heavy atom. The molecule has 0 saturated heterocycles. The highest BCUT2D eigenvalue weighted by Gasteiger charge is 2.09. The van der Waals surface area contributed by atoms with Crippen LogP contribution in [0.3, 0.4) is 0 Å². The summed E-state index contributed by atoms with van der Waals surface area (Å²) in [5.74, 6) is 0. The molecular formula is C14H24N2. The van der Waals surface area contributed by atoms with E-state index in [0.29, 0.717) is 12.1 Å². The van der Waals surface area contributed by atoms with Crippen molar-refractivity contribution in [1.29, 1.82) is 0 Å². The van der Waals surface area contributed by atoms with Gasteiger partial charge in [-0.25, -0.2) is 0 Å². The summed E-state index contributed by atoms with van der Waals surface area (Å²) < 4.78 is 0. The number of aryl methyl sites for hydroxylation is 1. The Labute approximate surface area is 99.7 Å². The number of benzene rings is 1. The summed E-state index contributed by atoms with van der Waals surface area (Å²) >= 11 is 0. The van der Waals surface area contributed by atoms with E-state index in [1.807, 2.05) is 0 Å². The van der Waals surface area contributed by atoms with Crippen molar-refractivity contribution in [2.45, 2.75) is 39.8 Å². The molecule has 0 amide bonds. The van der Waals surface area contributed by atoms with Gasteiger partial charge in [0.15, 0.2) is 0 Å². The standard InChI is InChI=1S/C14H24N2/c1-11(2)15-10-13(4)16(5)14-8-6-7-12(3)9-14/h6-9,11,13,15H,10H2,1-5H3. The predicted molar refractivity (Wildman–Crippen MR) is 72.2 cm³/mol. The summed E-state index contributed by atoms with van der Waals surface area (Å²) in [6, 6.07) is 9.70. The molecule has 0 aliphatic carbocycles. The molecule has 1 N–H and O–H groups in total. The SMILES string of the molecule is Cc1cccc(N(C)C(C)CNC(C)C)c1. The number of hydrogen-bond donors (Lipinski definition) is 1. The van der Waals surface area contributed by atoms with E-state index in [4.69, 9.17) is 0 Å². The third-order valence-electron chi connectivity index (χ3n) is 2.89. The number of nitrogens with zero attached hydrogens (tertiary/aromatic N) is 1. The molecule has 0 spiro atoms. The van der Waals surface area contributed by atoms with Crippen molar-refractivity contribution in [3.05, 3.63) is 29.8 Å². The maximum atomic E-state index is 3.47. The normalized spacial score (nSPS) is 12.9. The molecule has 0 fully saturated rings. The molecular weight excluding hydrogens is 196 g/mol. The van der Waals surface area contributed by atoms with Crippen LogP contribution in [0.5, 0.6) is 0 Å². The minimum absolute atomic E-state index is 0.504. The van der Waals surface area contributed by atoms with E-state index in [9.17, 15) is 0 Å². The number of hydrogen-bond acceptors (Lipinski definition) is 2. The first-order chi connectivity index (χ1) is 7.50. The van der Waals surface area contributed by atoms with Crippen molar-refractivity contribution in [3.63, 3.8) is 0 Å². The van der Waals surface area contributed by atoms with Crippen LogP contribution in [0.4, 0.5) is 5.69 Å². The Morgan fingerprint density at radius 3 is 2.50 bits per heavy atom. The topological polar surface area (TPSA) is 15.3 Å². The fraction of sp³-hybridized carbons (Fsp3) is 0.571. The predicted octanol–water partition coefficient (Wildman–Crippen LogP) is 2.82. The Kier molecular flexibility index (Phi) is 4.81. The van der Waals surface area contributed by atoms with Crippen LogP contribution in [0, 0.1) is 6.92 Å². The average molecular weight is 220 g/mol. The smallest absolute Gasteiger partial charge is 0.0383 e. The molecule has 2 heteroatoms. The Hall–Kier alpha value is -1.02. The molecule has 0 aromatic heterocycles. The second-order valence-corrected chi connectivity index (χ2v) is 4.86. The van der Waals surface area contributed by atoms with Crippen LogP contribution in [-0.2, 0) is 0 Å². The molecule has 1 atom stereocenters. The fourth-order valence-electron chi connectivity index (χ4n) is 1.65. The van der Waals surface area contributed by atoms with Gasteiger partial charge in [0.1, 0.15) is 0 Å². The van der Waals surface area contributed by atoms with Crippen molar-refractivity contribution in [3.8, 4) is 0 Å². The Bertz CT molecular complexity index is 320. The molecule has 0 saturated carbocycles. The quantitative estimate of drug-likeness (QED) is 0.821. The fourth-order valence-corrected chi connectivity index (χ4v) is 1.65. The largest absolute Gasteiger partial charge is 0.371 e. The van der Waals surface area contributed by atoms with Gasteiger partial charge in [-0.05, 0) is 31.5 Å². The van der Waals surface area contributed by atoms with Crippen molar-refractivity contribution >= 4 is 5.69 Å². The highest BCUT2D eigenvalue weighted by atomic mass is 15.1. The molecule has 1 aromatic carbocycles. The zero-order chi connectivity index (χ0) is 12.1. The minimum Gasteiger partial charge on any atom is -0.371 e. The van der Waals surface area contributed by atoms with Gasteiger partial charge in [-0.1, -0.05) is 26.0 Å². The monoisotopic (exact) mass is 220 g/mol. The summed E-state index contributed by atoms with van der Waals surface area (Å²) in [6.45, 7) is 9.76. The van der Waals surface area contributed by atoms with Gasteiger partial charge in [0.25, 0.3) is 0 Å². The molecule has 16 heavy (non-hydrogen) atoms. The lowest BCUT2D eigenvalue weighted by atomic mass is 10.2. The number of nitrogens with one attached hydrogen (secondary N) is 1. The van der Waals surface area contributed by atoms with Gasteiger partial charge < -0.3 is 10.2 Å². The van der Waals surface area contributed by atoms with Crippen molar-refractivity contribution in [1.82, 2.24) is 5.32 Å². The van der Waals surface area contributed by atoms with Crippen molar-refractivity contribution in [2.24, 2.45) is 0 Å². The molecule has 1 aromatic rings. The van der Waals surface area contributed by atoms with E-state index in [1.54, 1.807) is 0 Å². The van der Waals surface area contributed by atoms with Crippen molar-refractivity contribution in [2.75, 3.05) is 18.5 Å². The van der Waals surface area contributed by atoms with Crippen LogP contribution >= 0.6 is 0 Å². The molecule has 0 radical (unpaired) electrons. The molecule has 0 bridgehead atoms. The lowest BCUT2D eigenvalue weighted by Crippen LogP contribution is -2.40. The highest BCUT2D eigenvalue weighted by molar-refractivity contribution is 5.48. The van der Waals surface area contributed by atoms with Crippen molar-refractivity contribution < 1.29 is 0 Å². The molecule has 2 nitrogen and oxygen atoms in total. The molecule has 1 rings (SSSR count). The first kappa shape index (κ1) is 13.0. The highest BCUT2D eigenvalue weighted by Crippen LogP contribution is 2.16. The number of rotatable bonds is 5. The van der Waals surface area contributed by atoms with E-state index in [2.05, 4.69) is 69.2 Å². The lowest BCUT2D eigenvalue weighted by Gasteiger charge is -2.28. The Morgan fingerprint density at radius 2 is 1.94 bits per heavy atom. The van der Waals surface area contributed by atoms with Gasteiger partial charge in [-0.15, -0.1) is 0 Å². The molecule has 1 unspecified atom stereocenters. The van der Waals surface area contributed by atoms with Gasteiger partial charge >= 0.3 is 0 Å². The summed E-state index contributed by atoms with van der Waals surface area (Å²) in [5.41, 5.74) is 2.60. The zero-order valence-corrected chi connectivity index (χ0v) is 11.1. The van der Waals surface area contributed by atoms with E-state index in [-0.39, 0.29) is 0 Å². The van der Waals surface area contributed by atoms with E-state index < -0.39 is 0 Å². The average Bonchev–Trinajstić information content (AvgIpc) is 2.24. The van der Waals surface area contributed by atoms with Gasteiger partial charge in [0.2, 0.25) is 0 Å². The number of likely N-dealkylation sites (N-methyl/N-ethyl adjacent to an activating group) is 1. The second kappa shape index (κ2) is 5.90. The van der Waals surface area contributed by atoms with E-state index in [1.165, 1.54) is 11.3 Å². The summed E-state index contributed by atoms with van der Waals surface area (Å²) in [6.07, 6.45) is 0. The van der Waals surface area contributed by atoms with Crippen LogP contribution in [0.1, 0.15) is 26.3 Å². The number of anilines is 1. The third-order valence-corrected chi connectivity index (χ3v) is 2.89. The third kappa shape index (κ3) is 3.86. The van der Waals surface area contributed by atoms with Gasteiger partial charge in [0, 0.05) is 31.4 Å². The van der Waals surface area contributed by atoms with Crippen LogP contribution in [-0.4, -0.2) is 25.7 Å². The Balaban J connectivity index is 2.59. The van der Waals surface area contributed by atoms with Gasteiger partial charge in [0.05, 0.1) is 0 Å².